The van der Waals surface area contributed by atoms with Crippen molar-refractivity contribution in [3.8, 4) is 0 Å². The molecule has 1 aliphatic rings. The molecule has 0 radical (unpaired) electrons. The monoisotopic (exact) mass is 234 g/mol. The number of aromatic nitrogens is 1. The Morgan fingerprint density at radius 2 is 2.00 bits per heavy atom. The molecule has 92 valence electrons. The first-order valence-electron chi connectivity index (χ1n) is 5.79. The molecule has 0 spiro atoms. The van der Waals surface area contributed by atoms with Crippen molar-refractivity contribution >= 4 is 17.4 Å². The summed E-state index contributed by atoms with van der Waals surface area (Å²) in [5.41, 5.74) is 11.6. The molecule has 1 aromatic rings. The highest BCUT2D eigenvalue weighted by Crippen LogP contribution is 2.27. The number of primary amides is 1. The summed E-state index contributed by atoms with van der Waals surface area (Å²) in [6.45, 7) is 6.35. The predicted octanol–water partition coefficient (Wildman–Crippen LogP) is 0.855. The van der Waals surface area contributed by atoms with Gasteiger partial charge in [-0.05, 0) is 17.9 Å². The summed E-state index contributed by atoms with van der Waals surface area (Å²) >= 11 is 0. The van der Waals surface area contributed by atoms with E-state index in [4.69, 9.17) is 11.5 Å². The van der Waals surface area contributed by atoms with Crippen molar-refractivity contribution in [1.29, 1.82) is 0 Å². The van der Waals surface area contributed by atoms with E-state index in [-0.39, 0.29) is 0 Å². The Bertz CT molecular complexity index is 436. The minimum atomic E-state index is -0.508. The zero-order valence-corrected chi connectivity index (χ0v) is 10.2. The Morgan fingerprint density at radius 1 is 1.41 bits per heavy atom. The van der Waals surface area contributed by atoms with Gasteiger partial charge in [0.2, 0.25) is 0 Å². The van der Waals surface area contributed by atoms with Crippen LogP contribution in [-0.4, -0.2) is 24.0 Å². The summed E-state index contributed by atoms with van der Waals surface area (Å²) in [5, 5.41) is 0. The van der Waals surface area contributed by atoms with Crippen LogP contribution in [0.1, 0.15) is 24.2 Å². The summed E-state index contributed by atoms with van der Waals surface area (Å²) in [4.78, 5) is 17.6. The van der Waals surface area contributed by atoms with E-state index in [0.29, 0.717) is 23.1 Å². The smallest absolute Gasteiger partial charge is 0.250 e. The minimum Gasteiger partial charge on any atom is -0.397 e. The maximum Gasteiger partial charge on any atom is 0.250 e. The average molecular weight is 234 g/mol. The fourth-order valence-electron chi connectivity index (χ4n) is 2.16. The summed E-state index contributed by atoms with van der Waals surface area (Å²) in [6.07, 6.45) is 1.50. The van der Waals surface area contributed by atoms with E-state index in [1.165, 1.54) is 6.20 Å². The van der Waals surface area contributed by atoms with Gasteiger partial charge in [-0.3, -0.25) is 4.79 Å². The second kappa shape index (κ2) is 4.24. The third-order valence-corrected chi connectivity index (χ3v) is 3.50. The highest BCUT2D eigenvalue weighted by atomic mass is 16.1. The van der Waals surface area contributed by atoms with Crippen molar-refractivity contribution < 1.29 is 4.79 Å². The van der Waals surface area contributed by atoms with E-state index in [1.54, 1.807) is 6.07 Å². The highest BCUT2D eigenvalue weighted by Gasteiger charge is 2.27. The molecule has 1 fully saturated rings. The Balaban J connectivity index is 2.28. The first-order chi connectivity index (χ1) is 7.99. The zero-order chi connectivity index (χ0) is 12.6. The molecule has 0 aliphatic carbocycles. The first kappa shape index (κ1) is 11.7. The van der Waals surface area contributed by atoms with E-state index in [2.05, 4.69) is 23.7 Å². The third-order valence-electron chi connectivity index (χ3n) is 3.50. The molecule has 2 rings (SSSR count). The normalized spacial score (nSPS) is 24.0. The number of rotatable bonds is 2. The predicted molar refractivity (Wildman–Crippen MR) is 67.7 cm³/mol. The van der Waals surface area contributed by atoms with E-state index in [9.17, 15) is 4.79 Å². The molecule has 0 saturated carbocycles. The zero-order valence-electron chi connectivity index (χ0n) is 10.2. The van der Waals surface area contributed by atoms with Crippen molar-refractivity contribution in [3.63, 3.8) is 0 Å². The van der Waals surface area contributed by atoms with Gasteiger partial charge in [-0.25, -0.2) is 4.98 Å². The molecule has 2 unspecified atom stereocenters. The fourth-order valence-corrected chi connectivity index (χ4v) is 2.16. The standard InChI is InChI=1S/C12H18N4O/c1-7-5-16(6-8(7)2)11-3-9(12(14)17)10(13)4-15-11/h3-4,7-8H,5-6,13H2,1-2H3,(H2,14,17). The summed E-state index contributed by atoms with van der Waals surface area (Å²) in [6, 6.07) is 1.68. The fraction of sp³-hybridized carbons (Fsp3) is 0.500. The van der Waals surface area contributed by atoms with Gasteiger partial charge in [0.1, 0.15) is 5.82 Å². The number of amides is 1. The van der Waals surface area contributed by atoms with Crippen molar-refractivity contribution in [1.82, 2.24) is 4.98 Å². The van der Waals surface area contributed by atoms with Crippen LogP contribution in [0.4, 0.5) is 11.5 Å². The molecule has 1 aliphatic heterocycles. The van der Waals surface area contributed by atoms with Crippen LogP contribution >= 0.6 is 0 Å². The molecule has 4 N–H and O–H groups in total. The van der Waals surface area contributed by atoms with E-state index in [1.807, 2.05) is 0 Å². The van der Waals surface area contributed by atoms with Crippen LogP contribution in [0.5, 0.6) is 0 Å². The van der Waals surface area contributed by atoms with Gasteiger partial charge in [-0.1, -0.05) is 13.8 Å². The largest absolute Gasteiger partial charge is 0.397 e. The van der Waals surface area contributed by atoms with Crippen LogP contribution in [0.25, 0.3) is 0 Å². The Hall–Kier alpha value is -1.78. The van der Waals surface area contributed by atoms with E-state index >= 15 is 0 Å². The number of carbonyl (C=O) groups is 1. The molecule has 0 bridgehead atoms. The maximum atomic E-state index is 11.2. The molecular formula is C12H18N4O. The van der Waals surface area contributed by atoms with Crippen LogP contribution in [-0.2, 0) is 0 Å². The number of pyridine rings is 1. The maximum absolute atomic E-state index is 11.2. The van der Waals surface area contributed by atoms with Gasteiger partial charge in [-0.15, -0.1) is 0 Å². The van der Waals surface area contributed by atoms with Crippen molar-refractivity contribution in [2.75, 3.05) is 23.7 Å². The average Bonchev–Trinajstić information content (AvgIpc) is 2.59. The van der Waals surface area contributed by atoms with Crippen molar-refractivity contribution in [2.24, 2.45) is 17.6 Å². The first-order valence-corrected chi connectivity index (χ1v) is 5.79. The molecule has 2 heterocycles. The number of nitrogens with two attached hydrogens (primary N) is 2. The van der Waals surface area contributed by atoms with Gasteiger partial charge in [-0.2, -0.15) is 0 Å². The topological polar surface area (TPSA) is 85.2 Å². The number of carbonyl (C=O) groups excluding carboxylic acids is 1. The summed E-state index contributed by atoms with van der Waals surface area (Å²) in [7, 11) is 0. The summed E-state index contributed by atoms with van der Waals surface area (Å²) < 4.78 is 0. The second-order valence-corrected chi connectivity index (χ2v) is 4.85. The lowest BCUT2D eigenvalue weighted by Gasteiger charge is -2.18. The number of anilines is 2. The van der Waals surface area contributed by atoms with Gasteiger partial charge in [0.05, 0.1) is 17.4 Å². The molecule has 0 aromatic carbocycles. The molecule has 1 aromatic heterocycles. The molecule has 5 nitrogen and oxygen atoms in total. The molecule has 17 heavy (non-hydrogen) atoms. The molecular weight excluding hydrogens is 216 g/mol. The Morgan fingerprint density at radius 3 is 2.53 bits per heavy atom. The number of nitrogens with zero attached hydrogens (tertiary/aromatic N) is 2. The second-order valence-electron chi connectivity index (χ2n) is 4.85. The van der Waals surface area contributed by atoms with E-state index in [0.717, 1.165) is 18.9 Å². The SMILES string of the molecule is CC1CN(c2cc(C(N)=O)c(N)cn2)CC1C. The minimum absolute atomic E-state index is 0.335. The van der Waals surface area contributed by atoms with Crippen molar-refractivity contribution in [3.05, 3.63) is 17.8 Å². The third kappa shape index (κ3) is 2.18. The van der Waals surface area contributed by atoms with Crippen LogP contribution in [0.3, 0.4) is 0 Å². The highest BCUT2D eigenvalue weighted by molar-refractivity contribution is 5.98. The van der Waals surface area contributed by atoms with Gasteiger partial charge < -0.3 is 16.4 Å². The lowest BCUT2D eigenvalue weighted by Crippen LogP contribution is -2.22. The lowest BCUT2D eigenvalue weighted by molar-refractivity contribution is 0.100. The van der Waals surface area contributed by atoms with Crippen molar-refractivity contribution in [2.45, 2.75) is 13.8 Å². The van der Waals surface area contributed by atoms with Gasteiger partial charge >= 0.3 is 0 Å². The summed E-state index contributed by atoms with van der Waals surface area (Å²) in [5.74, 6) is 1.54. The van der Waals surface area contributed by atoms with Crippen LogP contribution < -0.4 is 16.4 Å². The molecule has 1 amide bonds. The molecule has 5 heteroatoms. The lowest BCUT2D eigenvalue weighted by atomic mass is 10.0. The van der Waals surface area contributed by atoms with E-state index < -0.39 is 5.91 Å². The Labute approximate surface area is 101 Å². The van der Waals surface area contributed by atoms with Crippen LogP contribution in [0, 0.1) is 11.8 Å². The number of hydrogen-bond donors (Lipinski definition) is 2. The number of hydrogen-bond acceptors (Lipinski definition) is 4. The van der Waals surface area contributed by atoms with Crippen LogP contribution in [0.15, 0.2) is 12.3 Å². The van der Waals surface area contributed by atoms with Gasteiger partial charge in [0, 0.05) is 13.1 Å². The van der Waals surface area contributed by atoms with Gasteiger partial charge in [0.25, 0.3) is 5.91 Å². The number of nitrogen functional groups attached to an aromatic ring is 1. The van der Waals surface area contributed by atoms with Crippen LogP contribution in [0.2, 0.25) is 0 Å². The molecule has 2 atom stereocenters. The Kier molecular flexibility index (Phi) is 2.92. The van der Waals surface area contributed by atoms with Gasteiger partial charge in [0.15, 0.2) is 0 Å². The molecule has 1 saturated heterocycles. The quantitative estimate of drug-likeness (QED) is 0.794.